The lowest BCUT2D eigenvalue weighted by molar-refractivity contribution is -0.108. The Bertz CT molecular complexity index is 1590. The summed E-state index contributed by atoms with van der Waals surface area (Å²) in [6, 6.07) is 24.5. The van der Waals surface area contributed by atoms with Crippen molar-refractivity contribution in [2.75, 3.05) is 25.5 Å². The highest BCUT2D eigenvalue weighted by Crippen LogP contribution is 2.28. The summed E-state index contributed by atoms with van der Waals surface area (Å²) >= 11 is 0. The third kappa shape index (κ3) is 11.4. The molecule has 2 atom stereocenters. The Morgan fingerprint density at radius 2 is 1.43 bits per heavy atom. The normalized spacial score (nSPS) is 12.6. The number of halogens is 3. The fourth-order valence-electron chi connectivity index (χ4n) is 4.93. The van der Waals surface area contributed by atoms with Crippen molar-refractivity contribution in [1.29, 1.82) is 0 Å². The molecule has 0 aliphatic rings. The topological polar surface area (TPSA) is 108 Å². The molecule has 0 saturated carbocycles. The molecule has 0 amide bonds. The molecule has 11 heteroatoms. The highest BCUT2D eigenvalue weighted by atomic mass is 32.2. The molecule has 1 unspecified atom stereocenters. The van der Waals surface area contributed by atoms with Gasteiger partial charge in [0.2, 0.25) is 10.0 Å². The molecule has 0 bridgehead atoms. The Balaban J connectivity index is 0.000000275. The Labute approximate surface area is 268 Å². The van der Waals surface area contributed by atoms with E-state index in [0.717, 1.165) is 6.29 Å². The number of aliphatic hydroxyl groups excluding tert-OH is 1. The lowest BCUT2D eigenvalue weighted by Gasteiger charge is -2.21. The zero-order valence-corrected chi connectivity index (χ0v) is 26.6. The first-order valence-electron chi connectivity index (χ1n) is 14.9. The van der Waals surface area contributed by atoms with Crippen LogP contribution in [0.2, 0.25) is 0 Å². The van der Waals surface area contributed by atoms with Gasteiger partial charge in [-0.3, -0.25) is 0 Å². The van der Waals surface area contributed by atoms with Crippen molar-refractivity contribution in [2.45, 2.75) is 49.1 Å². The van der Waals surface area contributed by atoms with E-state index in [0.29, 0.717) is 48.3 Å². The van der Waals surface area contributed by atoms with Gasteiger partial charge in [0.15, 0.2) is 0 Å². The number of carbonyl (C=O) groups is 1. The summed E-state index contributed by atoms with van der Waals surface area (Å²) in [5.41, 5.74) is 2.55. The molecular weight excluding hydrogens is 615 g/mol. The van der Waals surface area contributed by atoms with Crippen LogP contribution in [0.15, 0.2) is 102 Å². The van der Waals surface area contributed by atoms with E-state index in [1.54, 1.807) is 68.6 Å². The lowest BCUT2D eigenvalue weighted by atomic mass is 9.89. The molecule has 4 rings (SSSR count). The zero-order chi connectivity index (χ0) is 33.5. The van der Waals surface area contributed by atoms with Crippen LogP contribution in [0.1, 0.15) is 42.4 Å². The number of sulfonamides is 1. The smallest absolute Gasteiger partial charge is 0.240 e. The number of benzene rings is 4. The van der Waals surface area contributed by atoms with Crippen molar-refractivity contribution in [2.24, 2.45) is 0 Å². The minimum absolute atomic E-state index is 0.178. The SMILES string of the molecule is CNc1cccc(F)c1CC[C@@H](CNCC(C)O)NS(=O)(=O)c1ccccc1.O=CCC(c1cccc(F)c1)c1cccc(F)c1. The standard InChI is InChI=1S/C20H28FN3O3S.C15H12F2O/c1-15(25)13-23-14-16(24-28(26,27)17-7-4-3-5-8-17)11-12-18-19(21)9-6-10-20(18)22-2;16-13-5-1-3-11(9-13)15(7-8-18)12-4-2-6-14(17)10-12/h3-10,15-16,22-25H,11-14H2,1-2H3;1-6,8-10,15H,7H2/t15?,16-;/m0./s1. The first kappa shape index (κ1) is 36.4. The second-order valence-electron chi connectivity index (χ2n) is 10.8. The number of rotatable bonds is 15. The molecule has 0 aliphatic heterocycles. The summed E-state index contributed by atoms with van der Waals surface area (Å²) < 4.78 is 68.7. The van der Waals surface area contributed by atoms with Crippen LogP contribution in [0.4, 0.5) is 18.9 Å². The zero-order valence-electron chi connectivity index (χ0n) is 25.8. The van der Waals surface area contributed by atoms with Crippen LogP contribution in [0.25, 0.3) is 0 Å². The highest BCUT2D eigenvalue weighted by molar-refractivity contribution is 7.89. The minimum Gasteiger partial charge on any atom is -0.392 e. The highest BCUT2D eigenvalue weighted by Gasteiger charge is 2.21. The van der Waals surface area contributed by atoms with Crippen molar-refractivity contribution < 1.29 is 31.5 Å². The average molecular weight is 656 g/mol. The second-order valence-corrected chi connectivity index (χ2v) is 12.5. The maximum Gasteiger partial charge on any atom is 0.240 e. The monoisotopic (exact) mass is 655 g/mol. The van der Waals surface area contributed by atoms with E-state index in [1.807, 2.05) is 0 Å². The number of hydrogen-bond acceptors (Lipinski definition) is 6. The predicted octanol–water partition coefficient (Wildman–Crippen LogP) is 5.80. The van der Waals surface area contributed by atoms with Crippen LogP contribution >= 0.6 is 0 Å². The van der Waals surface area contributed by atoms with Crippen molar-refractivity contribution in [3.8, 4) is 0 Å². The third-order valence-corrected chi connectivity index (χ3v) is 8.71. The van der Waals surface area contributed by atoms with Gasteiger partial charge in [-0.25, -0.2) is 26.3 Å². The van der Waals surface area contributed by atoms with Gasteiger partial charge in [-0.1, -0.05) is 48.5 Å². The van der Waals surface area contributed by atoms with Gasteiger partial charge in [-0.2, -0.15) is 0 Å². The number of aldehydes is 1. The predicted molar refractivity (Wildman–Crippen MR) is 175 cm³/mol. The van der Waals surface area contributed by atoms with Gasteiger partial charge in [-0.15, -0.1) is 0 Å². The lowest BCUT2D eigenvalue weighted by Crippen LogP contribution is -2.43. The minimum atomic E-state index is -3.70. The Hall–Kier alpha value is -4.03. The van der Waals surface area contributed by atoms with Crippen LogP contribution in [-0.2, 0) is 21.2 Å². The molecule has 4 aromatic carbocycles. The molecule has 4 N–H and O–H groups in total. The van der Waals surface area contributed by atoms with Crippen LogP contribution < -0.4 is 15.4 Å². The molecule has 246 valence electrons. The van der Waals surface area contributed by atoms with E-state index in [4.69, 9.17) is 0 Å². The molecule has 0 heterocycles. The molecule has 0 saturated heterocycles. The first-order valence-corrected chi connectivity index (χ1v) is 16.4. The van der Waals surface area contributed by atoms with Crippen LogP contribution in [0, 0.1) is 17.5 Å². The summed E-state index contributed by atoms with van der Waals surface area (Å²) in [7, 11) is -1.98. The molecule has 46 heavy (non-hydrogen) atoms. The van der Waals surface area contributed by atoms with E-state index in [2.05, 4.69) is 15.4 Å². The van der Waals surface area contributed by atoms with E-state index >= 15 is 0 Å². The fourth-order valence-corrected chi connectivity index (χ4v) is 6.22. The molecule has 0 fully saturated rings. The number of aliphatic hydroxyl groups is 1. The quantitative estimate of drug-likeness (QED) is 0.121. The molecule has 4 aromatic rings. The van der Waals surface area contributed by atoms with Gasteiger partial charge < -0.3 is 20.5 Å². The van der Waals surface area contributed by atoms with E-state index < -0.39 is 22.2 Å². The Morgan fingerprint density at radius 1 is 0.826 bits per heavy atom. The molecule has 0 aliphatic carbocycles. The molecule has 0 radical (unpaired) electrons. The molecule has 7 nitrogen and oxygen atoms in total. The van der Waals surface area contributed by atoms with Crippen molar-refractivity contribution in [3.63, 3.8) is 0 Å². The second kappa shape index (κ2) is 18.2. The van der Waals surface area contributed by atoms with E-state index in [-0.39, 0.29) is 34.7 Å². The number of hydrogen-bond donors (Lipinski definition) is 4. The largest absolute Gasteiger partial charge is 0.392 e. The van der Waals surface area contributed by atoms with Gasteiger partial charge in [0.1, 0.15) is 23.7 Å². The Morgan fingerprint density at radius 3 is 1.98 bits per heavy atom. The fraction of sp³-hybridized carbons (Fsp3) is 0.286. The summed E-state index contributed by atoms with van der Waals surface area (Å²) in [5.74, 6) is -1.36. The maximum absolute atomic E-state index is 14.2. The number of carbonyl (C=O) groups excluding carboxylic acids is 1. The average Bonchev–Trinajstić information content (AvgIpc) is 3.03. The van der Waals surface area contributed by atoms with E-state index in [9.17, 15) is 31.5 Å². The molecular formula is C35H40F3N3O4S. The summed E-state index contributed by atoms with van der Waals surface area (Å²) in [4.78, 5) is 10.9. The maximum atomic E-state index is 14.2. The van der Waals surface area contributed by atoms with Gasteiger partial charge in [0.05, 0.1) is 11.0 Å². The van der Waals surface area contributed by atoms with Gasteiger partial charge in [-0.05, 0) is 79.4 Å². The van der Waals surface area contributed by atoms with Gasteiger partial charge >= 0.3 is 0 Å². The molecule has 0 spiro atoms. The van der Waals surface area contributed by atoms with Gasteiger partial charge in [0.25, 0.3) is 0 Å². The molecule has 0 aromatic heterocycles. The summed E-state index contributed by atoms with van der Waals surface area (Å²) in [6.07, 6.45) is 1.18. The first-order chi connectivity index (χ1) is 22.0. The number of nitrogens with one attached hydrogen (secondary N) is 3. The van der Waals surface area contributed by atoms with E-state index in [1.165, 1.54) is 42.5 Å². The summed E-state index contributed by atoms with van der Waals surface area (Å²) in [6.45, 7) is 2.31. The van der Waals surface area contributed by atoms with Crippen molar-refractivity contribution >= 4 is 22.0 Å². The van der Waals surface area contributed by atoms with Crippen LogP contribution in [0.3, 0.4) is 0 Å². The Kier molecular flexibility index (Phi) is 14.4. The van der Waals surface area contributed by atoms with Crippen LogP contribution in [0.5, 0.6) is 0 Å². The van der Waals surface area contributed by atoms with Crippen molar-refractivity contribution in [3.05, 3.63) is 131 Å². The van der Waals surface area contributed by atoms with Gasteiger partial charge in [0, 0.05) is 49.8 Å². The number of anilines is 1. The van der Waals surface area contributed by atoms with Crippen molar-refractivity contribution in [1.82, 2.24) is 10.0 Å². The third-order valence-electron chi connectivity index (χ3n) is 7.17. The summed E-state index contributed by atoms with van der Waals surface area (Å²) in [5, 5.41) is 15.4. The van der Waals surface area contributed by atoms with Crippen LogP contribution in [-0.4, -0.2) is 52.1 Å².